The molecule has 29 heavy (non-hydrogen) atoms. The van der Waals surface area contributed by atoms with Crippen molar-refractivity contribution in [1.29, 1.82) is 0 Å². The number of rotatable bonds is 4. The molecular formula is C23H27Cl2NO3. The number of carbonyl (C=O) groups is 2. The maximum Gasteiger partial charge on any atom is 0.338 e. The van der Waals surface area contributed by atoms with E-state index in [0.29, 0.717) is 21.3 Å². The Kier molecular flexibility index (Phi) is 7.02. The molecule has 2 aromatic rings. The van der Waals surface area contributed by atoms with Crippen LogP contribution in [-0.4, -0.2) is 18.5 Å². The number of halogens is 2. The third kappa shape index (κ3) is 6.48. The van der Waals surface area contributed by atoms with Gasteiger partial charge in [0.2, 0.25) is 0 Å². The summed E-state index contributed by atoms with van der Waals surface area (Å²) in [5.74, 6) is -1.02. The zero-order chi connectivity index (χ0) is 22.0. The Labute approximate surface area is 182 Å². The fraction of sp³-hybridized carbons (Fsp3) is 0.391. The highest BCUT2D eigenvalue weighted by Crippen LogP contribution is 2.30. The van der Waals surface area contributed by atoms with Crippen molar-refractivity contribution in [1.82, 2.24) is 0 Å². The molecule has 156 valence electrons. The van der Waals surface area contributed by atoms with Gasteiger partial charge in [0.15, 0.2) is 6.61 Å². The van der Waals surface area contributed by atoms with Crippen LogP contribution in [0.4, 0.5) is 5.69 Å². The molecule has 6 heteroatoms. The van der Waals surface area contributed by atoms with Crippen LogP contribution in [0.15, 0.2) is 36.4 Å². The van der Waals surface area contributed by atoms with Crippen molar-refractivity contribution in [2.45, 2.75) is 52.4 Å². The molecule has 0 aromatic heterocycles. The molecule has 0 heterocycles. The number of nitrogens with one attached hydrogen (secondary N) is 1. The zero-order valence-corrected chi connectivity index (χ0v) is 19.2. The molecule has 0 atom stereocenters. The highest BCUT2D eigenvalue weighted by Gasteiger charge is 2.23. The Balaban J connectivity index is 2.14. The van der Waals surface area contributed by atoms with Gasteiger partial charge >= 0.3 is 5.97 Å². The number of carbonyl (C=O) groups excluding carboxylic acids is 2. The zero-order valence-electron chi connectivity index (χ0n) is 17.7. The number of benzene rings is 2. The van der Waals surface area contributed by atoms with Crippen molar-refractivity contribution in [3.05, 3.63) is 63.1 Å². The van der Waals surface area contributed by atoms with Crippen molar-refractivity contribution in [3.8, 4) is 0 Å². The first-order valence-corrected chi connectivity index (χ1v) is 10.1. The molecule has 0 bridgehead atoms. The number of anilines is 1. The van der Waals surface area contributed by atoms with Gasteiger partial charge in [0.05, 0.1) is 16.3 Å². The van der Waals surface area contributed by atoms with E-state index >= 15 is 0 Å². The topological polar surface area (TPSA) is 55.4 Å². The summed E-state index contributed by atoms with van der Waals surface area (Å²) in [6.07, 6.45) is 0. The average Bonchev–Trinajstić information content (AvgIpc) is 2.60. The van der Waals surface area contributed by atoms with E-state index in [0.717, 1.165) is 11.1 Å². The van der Waals surface area contributed by atoms with Crippen LogP contribution in [-0.2, 0) is 20.4 Å². The molecule has 1 N–H and O–H groups in total. The van der Waals surface area contributed by atoms with Crippen LogP contribution in [0.3, 0.4) is 0 Å². The van der Waals surface area contributed by atoms with E-state index in [4.69, 9.17) is 27.9 Å². The average molecular weight is 436 g/mol. The maximum atomic E-state index is 12.6. The van der Waals surface area contributed by atoms with Gasteiger partial charge in [-0.3, -0.25) is 4.79 Å². The third-order valence-corrected chi connectivity index (χ3v) is 4.99. The van der Waals surface area contributed by atoms with Crippen molar-refractivity contribution >= 4 is 40.8 Å². The lowest BCUT2D eigenvalue weighted by atomic mass is 9.79. The summed E-state index contributed by atoms with van der Waals surface area (Å²) in [6.45, 7) is 12.1. The van der Waals surface area contributed by atoms with E-state index in [9.17, 15) is 9.59 Å². The lowest BCUT2D eigenvalue weighted by molar-refractivity contribution is -0.119. The van der Waals surface area contributed by atoms with Crippen LogP contribution in [0.25, 0.3) is 0 Å². The highest BCUT2D eigenvalue weighted by atomic mass is 35.5. The Hall–Kier alpha value is -2.04. The predicted octanol–water partition coefficient (Wildman–Crippen LogP) is 6.38. The Bertz CT molecular complexity index is 892. The van der Waals surface area contributed by atoms with Crippen LogP contribution in [0.1, 0.15) is 63.0 Å². The summed E-state index contributed by atoms with van der Waals surface area (Å²) in [4.78, 5) is 24.8. The molecule has 0 saturated carbocycles. The minimum atomic E-state index is -0.543. The van der Waals surface area contributed by atoms with Gasteiger partial charge in [-0.15, -0.1) is 0 Å². The molecule has 0 aliphatic heterocycles. The van der Waals surface area contributed by atoms with E-state index < -0.39 is 18.5 Å². The van der Waals surface area contributed by atoms with Gasteiger partial charge in [-0.1, -0.05) is 70.8 Å². The molecule has 0 radical (unpaired) electrons. The minimum absolute atomic E-state index is 0.126. The number of amides is 1. The van der Waals surface area contributed by atoms with Crippen LogP contribution >= 0.6 is 23.2 Å². The van der Waals surface area contributed by atoms with Crippen LogP contribution in [0, 0.1) is 0 Å². The maximum absolute atomic E-state index is 12.6. The first kappa shape index (κ1) is 23.2. The number of ether oxygens (including phenoxy) is 1. The van der Waals surface area contributed by atoms with Gasteiger partial charge in [-0.2, -0.15) is 0 Å². The first-order chi connectivity index (χ1) is 13.3. The smallest absolute Gasteiger partial charge is 0.338 e. The molecule has 0 aliphatic rings. The number of esters is 1. The van der Waals surface area contributed by atoms with Crippen molar-refractivity contribution < 1.29 is 14.3 Å². The van der Waals surface area contributed by atoms with E-state index in [1.165, 1.54) is 6.07 Å². The van der Waals surface area contributed by atoms with Crippen molar-refractivity contribution in [2.24, 2.45) is 0 Å². The second-order valence-corrected chi connectivity index (χ2v) is 9.89. The second-order valence-electron chi connectivity index (χ2n) is 9.05. The predicted molar refractivity (Wildman–Crippen MR) is 119 cm³/mol. The summed E-state index contributed by atoms with van der Waals surface area (Å²) in [5, 5.41) is 3.38. The first-order valence-electron chi connectivity index (χ1n) is 9.35. The molecule has 4 nitrogen and oxygen atoms in total. The number of hydrogen-bond acceptors (Lipinski definition) is 3. The second kappa shape index (κ2) is 8.76. The molecule has 0 fully saturated rings. The van der Waals surface area contributed by atoms with E-state index in [2.05, 4.69) is 52.9 Å². The summed E-state index contributed by atoms with van der Waals surface area (Å²) >= 11 is 11.9. The summed E-state index contributed by atoms with van der Waals surface area (Å²) in [5.41, 5.74) is 2.66. The van der Waals surface area contributed by atoms with E-state index in [1.807, 2.05) is 12.1 Å². The third-order valence-electron chi connectivity index (χ3n) is 4.44. The standard InChI is InChI=1S/C23H27Cl2NO3/c1-22(2,3)15-9-14(10-16(11-15)23(4,5)6)21(28)29-13-20(27)26-19-8-7-17(24)12-18(19)25/h7-12H,13H2,1-6H3,(H,26,27). The van der Waals surface area contributed by atoms with Gasteiger partial charge < -0.3 is 10.1 Å². The van der Waals surface area contributed by atoms with Gasteiger partial charge in [-0.25, -0.2) is 4.79 Å². The molecule has 2 aromatic carbocycles. The quantitative estimate of drug-likeness (QED) is 0.566. The largest absolute Gasteiger partial charge is 0.452 e. The Morgan fingerprint density at radius 3 is 1.93 bits per heavy atom. The van der Waals surface area contributed by atoms with Crippen LogP contribution in [0.2, 0.25) is 10.0 Å². The molecule has 0 unspecified atom stereocenters. The molecule has 0 spiro atoms. The normalized spacial score (nSPS) is 11.9. The highest BCUT2D eigenvalue weighted by molar-refractivity contribution is 6.36. The fourth-order valence-corrected chi connectivity index (χ4v) is 3.06. The minimum Gasteiger partial charge on any atom is -0.452 e. The van der Waals surface area contributed by atoms with Gasteiger partial charge in [0.1, 0.15) is 0 Å². The summed E-state index contributed by atoms with van der Waals surface area (Å²) in [6, 6.07) is 10.5. The Morgan fingerprint density at radius 2 is 1.45 bits per heavy atom. The van der Waals surface area contributed by atoms with Crippen molar-refractivity contribution in [3.63, 3.8) is 0 Å². The molecule has 1 amide bonds. The van der Waals surface area contributed by atoms with Gasteiger partial charge in [0, 0.05) is 5.02 Å². The lowest BCUT2D eigenvalue weighted by Gasteiger charge is -2.25. The lowest BCUT2D eigenvalue weighted by Crippen LogP contribution is -2.22. The van der Waals surface area contributed by atoms with Gasteiger partial charge in [-0.05, 0) is 52.3 Å². The number of hydrogen-bond donors (Lipinski definition) is 1. The summed E-state index contributed by atoms with van der Waals surface area (Å²) < 4.78 is 5.24. The van der Waals surface area contributed by atoms with Gasteiger partial charge in [0.25, 0.3) is 5.91 Å². The monoisotopic (exact) mass is 435 g/mol. The Morgan fingerprint density at radius 1 is 0.897 bits per heavy atom. The molecular weight excluding hydrogens is 409 g/mol. The molecule has 2 rings (SSSR count). The van der Waals surface area contributed by atoms with Crippen LogP contribution in [0.5, 0.6) is 0 Å². The molecule has 0 saturated heterocycles. The van der Waals surface area contributed by atoms with E-state index in [1.54, 1.807) is 12.1 Å². The van der Waals surface area contributed by atoms with Crippen molar-refractivity contribution in [2.75, 3.05) is 11.9 Å². The summed E-state index contributed by atoms with van der Waals surface area (Å²) in [7, 11) is 0. The fourth-order valence-electron chi connectivity index (χ4n) is 2.60. The SMILES string of the molecule is CC(C)(C)c1cc(C(=O)OCC(=O)Nc2ccc(Cl)cc2Cl)cc(C(C)(C)C)c1. The molecule has 0 aliphatic carbocycles. The van der Waals surface area contributed by atoms with E-state index in [-0.39, 0.29) is 10.8 Å². The van der Waals surface area contributed by atoms with Crippen LogP contribution < -0.4 is 5.32 Å².